The maximum absolute atomic E-state index is 11.1. The summed E-state index contributed by atoms with van der Waals surface area (Å²) >= 11 is 5.13. The van der Waals surface area contributed by atoms with E-state index >= 15 is 0 Å². The molecule has 1 heterocycles. The van der Waals surface area contributed by atoms with E-state index in [2.05, 4.69) is 20.7 Å². The van der Waals surface area contributed by atoms with Crippen LogP contribution in [0.3, 0.4) is 0 Å². The fourth-order valence-electron chi connectivity index (χ4n) is 2.16. The first kappa shape index (κ1) is 17.3. The van der Waals surface area contributed by atoms with E-state index in [9.17, 15) is 4.79 Å². The number of thiocarbonyl (C=S) groups is 1. The van der Waals surface area contributed by atoms with Gasteiger partial charge in [-0.05, 0) is 18.3 Å². The van der Waals surface area contributed by atoms with E-state index < -0.39 is 5.97 Å². The standard InChI is InChI=1S/C15H20N4O3S/c20-14(21)13-4-2-1-3-12(13)11-17-18-15(23)16-5-6-19-7-9-22-10-8-19/h1-4,11H,5-10H2,(H,20,21)(H2,16,18,23)/b17-11+. The predicted octanol–water partition coefficient (Wildman–Crippen LogP) is 0.515. The molecule has 23 heavy (non-hydrogen) atoms. The molecule has 0 saturated carbocycles. The van der Waals surface area contributed by atoms with Crippen molar-refractivity contribution in [3.8, 4) is 0 Å². The van der Waals surface area contributed by atoms with Gasteiger partial charge in [0.15, 0.2) is 5.11 Å². The van der Waals surface area contributed by atoms with Crippen molar-refractivity contribution < 1.29 is 14.6 Å². The Morgan fingerprint density at radius 1 is 1.39 bits per heavy atom. The molecule has 1 aromatic carbocycles. The minimum absolute atomic E-state index is 0.198. The molecule has 0 radical (unpaired) electrons. The number of morpholine rings is 1. The van der Waals surface area contributed by atoms with Gasteiger partial charge in [-0.2, -0.15) is 5.10 Å². The highest BCUT2D eigenvalue weighted by atomic mass is 32.1. The lowest BCUT2D eigenvalue weighted by atomic mass is 10.1. The second-order valence-corrected chi connectivity index (χ2v) is 5.38. The van der Waals surface area contributed by atoms with Gasteiger partial charge in [0.05, 0.1) is 25.0 Å². The average Bonchev–Trinajstić information content (AvgIpc) is 2.56. The fraction of sp³-hybridized carbons (Fsp3) is 0.400. The van der Waals surface area contributed by atoms with Gasteiger partial charge in [-0.1, -0.05) is 18.2 Å². The Labute approximate surface area is 140 Å². The monoisotopic (exact) mass is 336 g/mol. The highest BCUT2D eigenvalue weighted by molar-refractivity contribution is 7.80. The fourth-order valence-corrected chi connectivity index (χ4v) is 2.31. The van der Waals surface area contributed by atoms with Crippen molar-refractivity contribution in [3.05, 3.63) is 35.4 Å². The molecule has 7 nitrogen and oxygen atoms in total. The van der Waals surface area contributed by atoms with Crippen LogP contribution in [0.25, 0.3) is 0 Å². The summed E-state index contributed by atoms with van der Waals surface area (Å²) in [6.07, 6.45) is 1.44. The van der Waals surface area contributed by atoms with Crippen molar-refractivity contribution in [1.29, 1.82) is 0 Å². The highest BCUT2D eigenvalue weighted by Gasteiger charge is 2.09. The SMILES string of the molecule is O=C(O)c1ccccc1/C=N/NC(=S)NCCN1CCOCC1. The number of hydrazone groups is 1. The summed E-state index contributed by atoms with van der Waals surface area (Å²) in [6.45, 7) is 5.02. The van der Waals surface area contributed by atoms with Gasteiger partial charge < -0.3 is 15.2 Å². The summed E-state index contributed by atoms with van der Waals surface area (Å²) in [7, 11) is 0. The molecule has 0 bridgehead atoms. The molecule has 1 saturated heterocycles. The van der Waals surface area contributed by atoms with Crippen LogP contribution < -0.4 is 10.7 Å². The average molecular weight is 336 g/mol. The molecule has 0 spiro atoms. The van der Waals surface area contributed by atoms with Crippen molar-refractivity contribution in [2.45, 2.75) is 0 Å². The lowest BCUT2D eigenvalue weighted by Gasteiger charge is -2.26. The van der Waals surface area contributed by atoms with Crippen molar-refractivity contribution in [3.63, 3.8) is 0 Å². The maximum atomic E-state index is 11.1. The summed E-state index contributed by atoms with van der Waals surface area (Å²) < 4.78 is 5.29. The molecule has 0 unspecified atom stereocenters. The number of nitrogens with zero attached hydrogens (tertiary/aromatic N) is 2. The molecule has 1 fully saturated rings. The zero-order chi connectivity index (χ0) is 16.5. The zero-order valence-corrected chi connectivity index (χ0v) is 13.5. The lowest BCUT2D eigenvalue weighted by molar-refractivity contribution is 0.0389. The molecular formula is C15H20N4O3S. The van der Waals surface area contributed by atoms with Crippen molar-refractivity contribution in [2.24, 2.45) is 5.10 Å². The number of carboxylic acid groups (broad SMARTS) is 1. The number of rotatable bonds is 6. The lowest BCUT2D eigenvalue weighted by Crippen LogP contribution is -2.42. The number of benzene rings is 1. The number of hydrogen-bond acceptors (Lipinski definition) is 5. The van der Waals surface area contributed by atoms with E-state index in [4.69, 9.17) is 22.1 Å². The normalized spacial score (nSPS) is 15.5. The molecule has 0 aromatic heterocycles. The highest BCUT2D eigenvalue weighted by Crippen LogP contribution is 2.05. The van der Waals surface area contributed by atoms with E-state index in [1.54, 1.807) is 18.2 Å². The Kier molecular flexibility index (Phi) is 6.92. The molecule has 0 amide bonds. The third-order valence-electron chi connectivity index (χ3n) is 3.38. The van der Waals surface area contributed by atoms with Gasteiger partial charge in [0, 0.05) is 31.7 Å². The van der Waals surface area contributed by atoms with Gasteiger partial charge in [0.25, 0.3) is 0 Å². The summed E-state index contributed by atoms with van der Waals surface area (Å²) in [5.41, 5.74) is 3.40. The molecule has 124 valence electrons. The molecule has 0 aliphatic carbocycles. The zero-order valence-electron chi connectivity index (χ0n) is 12.7. The molecular weight excluding hydrogens is 316 g/mol. The van der Waals surface area contributed by atoms with Crippen LogP contribution in [0.1, 0.15) is 15.9 Å². The number of nitrogens with one attached hydrogen (secondary N) is 2. The third-order valence-corrected chi connectivity index (χ3v) is 3.61. The Hall–Kier alpha value is -2.03. The van der Waals surface area contributed by atoms with Crippen LogP contribution >= 0.6 is 12.2 Å². The third kappa shape index (κ3) is 5.93. The van der Waals surface area contributed by atoms with Crippen LogP contribution in [0, 0.1) is 0 Å². The Morgan fingerprint density at radius 3 is 2.87 bits per heavy atom. The second kappa shape index (κ2) is 9.19. The Balaban J connectivity index is 1.72. The molecule has 0 atom stereocenters. The van der Waals surface area contributed by atoms with E-state index in [0.717, 1.165) is 32.8 Å². The molecule has 1 aromatic rings. The van der Waals surface area contributed by atoms with Gasteiger partial charge in [0.2, 0.25) is 0 Å². The Bertz CT molecular complexity index is 574. The number of hydrogen-bond donors (Lipinski definition) is 3. The predicted molar refractivity (Wildman–Crippen MR) is 92.0 cm³/mol. The molecule has 3 N–H and O–H groups in total. The number of carboxylic acids is 1. The molecule has 1 aliphatic heterocycles. The van der Waals surface area contributed by atoms with E-state index in [0.29, 0.717) is 17.2 Å². The van der Waals surface area contributed by atoms with Gasteiger partial charge in [-0.15, -0.1) is 0 Å². The van der Waals surface area contributed by atoms with Crippen molar-refractivity contribution in [2.75, 3.05) is 39.4 Å². The maximum Gasteiger partial charge on any atom is 0.336 e. The molecule has 2 rings (SSSR count). The van der Waals surface area contributed by atoms with Crippen LogP contribution in [0.5, 0.6) is 0 Å². The number of ether oxygens (including phenoxy) is 1. The smallest absolute Gasteiger partial charge is 0.336 e. The summed E-state index contributed by atoms with van der Waals surface area (Å²) in [5, 5.41) is 16.5. The number of aromatic carboxylic acids is 1. The van der Waals surface area contributed by atoms with E-state index in [1.807, 2.05) is 0 Å². The van der Waals surface area contributed by atoms with Crippen LogP contribution in [0.15, 0.2) is 29.4 Å². The summed E-state index contributed by atoms with van der Waals surface area (Å²) in [5.74, 6) is -0.988. The van der Waals surface area contributed by atoms with Crippen LogP contribution in [0.4, 0.5) is 0 Å². The van der Waals surface area contributed by atoms with E-state index in [1.165, 1.54) is 12.3 Å². The van der Waals surface area contributed by atoms with Crippen LogP contribution in [-0.2, 0) is 4.74 Å². The van der Waals surface area contributed by atoms with Crippen molar-refractivity contribution >= 4 is 29.5 Å². The van der Waals surface area contributed by atoms with Gasteiger partial charge in [-0.3, -0.25) is 10.3 Å². The minimum Gasteiger partial charge on any atom is -0.478 e. The largest absolute Gasteiger partial charge is 0.478 e. The molecule has 1 aliphatic rings. The molecule has 8 heteroatoms. The second-order valence-electron chi connectivity index (χ2n) is 4.97. The van der Waals surface area contributed by atoms with Crippen LogP contribution in [0.2, 0.25) is 0 Å². The van der Waals surface area contributed by atoms with Gasteiger partial charge >= 0.3 is 5.97 Å². The summed E-state index contributed by atoms with van der Waals surface area (Å²) in [4.78, 5) is 13.4. The first-order valence-electron chi connectivity index (χ1n) is 7.36. The van der Waals surface area contributed by atoms with Gasteiger partial charge in [0.1, 0.15) is 0 Å². The van der Waals surface area contributed by atoms with Crippen molar-refractivity contribution in [1.82, 2.24) is 15.6 Å². The van der Waals surface area contributed by atoms with Gasteiger partial charge in [-0.25, -0.2) is 4.79 Å². The topological polar surface area (TPSA) is 86.2 Å². The van der Waals surface area contributed by atoms with E-state index in [-0.39, 0.29) is 5.56 Å². The van der Waals surface area contributed by atoms with Crippen LogP contribution in [-0.4, -0.2) is 66.7 Å². The summed E-state index contributed by atoms with van der Waals surface area (Å²) in [6, 6.07) is 6.64. The number of carbonyl (C=O) groups is 1. The minimum atomic E-state index is -0.988. The first-order chi connectivity index (χ1) is 11.2. The quantitative estimate of drug-likeness (QED) is 0.396. The first-order valence-corrected chi connectivity index (χ1v) is 7.77. The Morgan fingerprint density at radius 2 is 2.13 bits per heavy atom.